The highest BCUT2D eigenvalue weighted by Crippen LogP contribution is 2.41. The van der Waals surface area contributed by atoms with Gasteiger partial charge in [0.25, 0.3) is 0 Å². The van der Waals surface area contributed by atoms with Crippen molar-refractivity contribution in [3.05, 3.63) is 35.1 Å². The molecule has 4 nitrogen and oxygen atoms in total. The summed E-state index contributed by atoms with van der Waals surface area (Å²) in [5, 5.41) is 0.146. The van der Waals surface area contributed by atoms with Crippen LogP contribution in [0.1, 0.15) is 40.0 Å². The zero-order valence-electron chi connectivity index (χ0n) is 16.4. The van der Waals surface area contributed by atoms with E-state index in [0.29, 0.717) is 26.7 Å². The fourth-order valence-electron chi connectivity index (χ4n) is 3.79. The van der Waals surface area contributed by atoms with E-state index in [9.17, 15) is 14.0 Å². The normalized spacial score (nSPS) is 23.1. The first-order chi connectivity index (χ1) is 13.3. The molecule has 1 aromatic rings. The van der Waals surface area contributed by atoms with Crippen LogP contribution in [0, 0.1) is 23.6 Å². The van der Waals surface area contributed by atoms with Crippen molar-refractivity contribution in [3.63, 3.8) is 0 Å². The third kappa shape index (κ3) is 4.26. The maximum Gasteiger partial charge on any atom is 0.241 e. The Balaban J connectivity index is 1.92. The van der Waals surface area contributed by atoms with Crippen LogP contribution in [-0.4, -0.2) is 23.8 Å². The quantitative estimate of drug-likeness (QED) is 0.334. The molecule has 1 aliphatic carbocycles. The van der Waals surface area contributed by atoms with Gasteiger partial charge in [0.15, 0.2) is 0 Å². The second kappa shape index (κ2) is 8.92. The minimum Gasteiger partial charge on any atom is -0.485 e. The highest BCUT2D eigenvalue weighted by atomic mass is 35.5. The monoisotopic (exact) mass is 425 g/mol. The number of rotatable bonds is 7. The molecule has 0 aromatic heterocycles. The molecule has 1 aliphatic heterocycles. The molecule has 0 bridgehead atoms. The predicted octanol–water partition coefficient (Wildman–Crippen LogP) is 5.38. The third-order valence-corrected chi connectivity index (χ3v) is 6.61. The lowest BCUT2D eigenvalue weighted by Crippen LogP contribution is -2.31. The zero-order chi connectivity index (χ0) is 20.4. The van der Waals surface area contributed by atoms with Gasteiger partial charge in [0.05, 0.1) is 22.5 Å². The summed E-state index contributed by atoms with van der Waals surface area (Å²) in [6.07, 6.45) is 6.86. The maximum absolute atomic E-state index is 14.7. The van der Waals surface area contributed by atoms with Crippen molar-refractivity contribution in [2.45, 2.75) is 45.9 Å². The number of nitrogens with zero attached hydrogens (tertiary/aromatic N) is 1. The number of carbonyl (C=O) groups is 2. The number of amides is 2. The van der Waals surface area contributed by atoms with Crippen LogP contribution in [0.2, 0.25) is 5.02 Å². The summed E-state index contributed by atoms with van der Waals surface area (Å²) < 4.78 is 20.8. The Labute approximate surface area is 172 Å². The molecule has 3 rings (SSSR count). The number of hydrogen-bond acceptors (Lipinski definition) is 3. The Morgan fingerprint density at radius 1 is 1.32 bits per heavy atom. The molecule has 0 radical (unpaired) electrons. The molecule has 7 heteroatoms. The number of anilines is 1. The Hall–Kier alpha value is -1.45. The van der Waals surface area contributed by atoms with E-state index >= 15 is 0 Å². The minimum atomic E-state index is -0.694. The number of allylic oxidation sites excluding steroid dienone is 1. The minimum absolute atomic E-state index is 0.0312. The smallest absolute Gasteiger partial charge is 0.241 e. The van der Waals surface area contributed by atoms with Crippen molar-refractivity contribution in [1.29, 1.82) is 0 Å². The molecule has 4 atom stereocenters. The lowest BCUT2D eigenvalue weighted by atomic mass is 9.86. The number of hydrogen-bond donors (Lipinski definition) is 0. The average Bonchev–Trinajstić information content (AvgIpc) is 2.88. The molecule has 2 amide bonds. The van der Waals surface area contributed by atoms with E-state index in [1.54, 1.807) is 6.08 Å². The van der Waals surface area contributed by atoms with Gasteiger partial charge in [-0.3, -0.25) is 9.59 Å². The summed E-state index contributed by atoms with van der Waals surface area (Å²) in [5.74, 6) is -1.61. The van der Waals surface area contributed by atoms with E-state index in [1.807, 2.05) is 6.08 Å². The molecule has 1 aromatic carbocycles. The second-order valence-corrected chi connectivity index (χ2v) is 9.84. The molecule has 0 spiro atoms. The number of halogens is 2. The highest BCUT2D eigenvalue weighted by Gasteiger charge is 2.48. The van der Waals surface area contributed by atoms with Crippen LogP contribution >= 0.6 is 20.2 Å². The molecule has 152 valence electrons. The van der Waals surface area contributed by atoms with Crippen LogP contribution in [0.15, 0.2) is 24.3 Å². The number of fused-ring (bicyclic) bond motifs is 1. The van der Waals surface area contributed by atoms with Crippen molar-refractivity contribution in [2.75, 3.05) is 11.1 Å². The van der Waals surface area contributed by atoms with E-state index in [2.05, 4.69) is 20.8 Å². The van der Waals surface area contributed by atoms with Gasteiger partial charge in [-0.2, -0.15) is 0 Å². The van der Waals surface area contributed by atoms with Crippen molar-refractivity contribution in [1.82, 2.24) is 0 Å². The molecule has 28 heavy (non-hydrogen) atoms. The van der Waals surface area contributed by atoms with Crippen molar-refractivity contribution in [2.24, 2.45) is 17.8 Å². The van der Waals surface area contributed by atoms with Crippen LogP contribution in [0.3, 0.4) is 0 Å². The molecular weight excluding hydrogens is 400 g/mol. The summed E-state index contributed by atoms with van der Waals surface area (Å²) in [5.41, 5.74) is -0.0691. The zero-order valence-corrected chi connectivity index (χ0v) is 18.1. The second-order valence-electron chi connectivity index (χ2n) is 7.68. The number of carbonyl (C=O) groups excluding carboxylic acids is 2. The van der Waals surface area contributed by atoms with Crippen LogP contribution in [0.25, 0.3) is 0 Å². The molecule has 2 aliphatic rings. The molecule has 1 heterocycles. The fraction of sp³-hybridized carbons (Fsp3) is 0.524. The Morgan fingerprint density at radius 3 is 2.71 bits per heavy atom. The van der Waals surface area contributed by atoms with Crippen molar-refractivity contribution >= 4 is 37.7 Å². The molecule has 0 N–H and O–H groups in total. The number of benzene rings is 1. The van der Waals surface area contributed by atoms with Gasteiger partial charge in [-0.25, -0.2) is 9.29 Å². The summed E-state index contributed by atoms with van der Waals surface area (Å²) in [6, 6.07) is 2.54. The van der Waals surface area contributed by atoms with Crippen molar-refractivity contribution in [3.8, 4) is 5.75 Å². The molecular formula is C21H26ClFNO3P. The molecule has 4 unspecified atom stereocenters. The van der Waals surface area contributed by atoms with Gasteiger partial charge in [0.1, 0.15) is 17.4 Å². The molecule has 1 fully saturated rings. The van der Waals surface area contributed by atoms with Gasteiger partial charge in [-0.15, -0.1) is 0 Å². The lowest BCUT2D eigenvalue weighted by molar-refractivity contribution is -0.122. The van der Waals surface area contributed by atoms with E-state index in [-0.39, 0.29) is 28.4 Å². The Bertz CT molecular complexity index is 798. The van der Waals surface area contributed by atoms with Gasteiger partial charge in [-0.05, 0) is 37.4 Å². The first kappa shape index (κ1) is 21.3. The third-order valence-electron chi connectivity index (χ3n) is 5.09. The topological polar surface area (TPSA) is 46.6 Å². The Kier molecular flexibility index (Phi) is 6.77. The van der Waals surface area contributed by atoms with Crippen LogP contribution in [0.5, 0.6) is 5.75 Å². The van der Waals surface area contributed by atoms with E-state index < -0.39 is 17.7 Å². The van der Waals surface area contributed by atoms with Gasteiger partial charge in [-0.1, -0.05) is 53.1 Å². The molecule has 1 saturated heterocycles. The summed E-state index contributed by atoms with van der Waals surface area (Å²) >= 11 is 6.22. The van der Waals surface area contributed by atoms with Gasteiger partial charge >= 0.3 is 0 Å². The van der Waals surface area contributed by atoms with Crippen LogP contribution in [-0.2, 0) is 9.59 Å². The largest absolute Gasteiger partial charge is 0.485 e. The predicted molar refractivity (Wildman–Crippen MR) is 112 cm³/mol. The highest BCUT2D eigenvalue weighted by molar-refractivity contribution is 7.38. The Morgan fingerprint density at radius 2 is 2.07 bits per heavy atom. The maximum atomic E-state index is 14.7. The van der Waals surface area contributed by atoms with Gasteiger partial charge < -0.3 is 4.74 Å². The number of ether oxygens (including phenoxy) is 1. The summed E-state index contributed by atoms with van der Waals surface area (Å²) in [4.78, 5) is 26.6. The SMILES string of the molecule is CCPC(CC(C)C)Oc1cc(N2C(=O)C3C=CCCC3C2=O)c(F)cc1Cl. The molecule has 0 saturated carbocycles. The van der Waals surface area contributed by atoms with Crippen LogP contribution < -0.4 is 9.64 Å². The average molecular weight is 426 g/mol. The first-order valence-electron chi connectivity index (χ1n) is 9.77. The van der Waals surface area contributed by atoms with Crippen molar-refractivity contribution < 1.29 is 18.7 Å². The van der Waals surface area contributed by atoms with Gasteiger partial charge in [0.2, 0.25) is 11.8 Å². The number of imide groups is 1. The fourth-order valence-corrected chi connectivity index (χ4v) is 5.29. The van der Waals surface area contributed by atoms with E-state index in [1.165, 1.54) is 6.07 Å². The van der Waals surface area contributed by atoms with E-state index in [4.69, 9.17) is 16.3 Å². The first-order valence-corrected chi connectivity index (χ1v) is 11.4. The van der Waals surface area contributed by atoms with E-state index in [0.717, 1.165) is 30.0 Å². The standard InChI is InChI=1S/C21H26ClFNO3P/c1-4-28-19(9-12(2)3)27-18-11-17(16(23)10-15(18)22)24-20(25)13-7-5-6-8-14(13)21(24)26/h5,7,10-14,19,28H,4,6,8-9H2,1-3H3. The van der Waals surface area contributed by atoms with Crippen LogP contribution in [0.4, 0.5) is 10.1 Å². The summed E-state index contributed by atoms with van der Waals surface area (Å²) in [7, 11) is 0.581. The van der Waals surface area contributed by atoms with Gasteiger partial charge in [0, 0.05) is 6.07 Å². The summed E-state index contributed by atoms with van der Waals surface area (Å²) in [6.45, 7) is 6.32. The lowest BCUT2D eigenvalue weighted by Gasteiger charge is -2.23.